The van der Waals surface area contributed by atoms with Crippen molar-refractivity contribution in [2.45, 2.75) is 26.3 Å². The molecule has 0 bridgehead atoms. The molecule has 23 heavy (non-hydrogen) atoms. The van der Waals surface area contributed by atoms with Crippen LogP contribution >= 0.6 is 0 Å². The first-order valence-electron chi connectivity index (χ1n) is 7.14. The molecule has 0 saturated carbocycles. The summed E-state index contributed by atoms with van der Waals surface area (Å²) in [6.07, 6.45) is 1.42. The van der Waals surface area contributed by atoms with E-state index in [4.69, 9.17) is 4.74 Å². The van der Waals surface area contributed by atoms with E-state index in [0.717, 1.165) is 18.2 Å². The molecule has 1 N–H and O–H groups in total. The Bertz CT molecular complexity index is 657. The number of carboxylic acids is 1. The quantitative estimate of drug-likeness (QED) is 0.873. The minimum Gasteiger partial charge on any atom is -0.480 e. The Labute approximate surface area is 132 Å². The molecule has 0 spiro atoms. The summed E-state index contributed by atoms with van der Waals surface area (Å²) in [7, 11) is 0. The van der Waals surface area contributed by atoms with Gasteiger partial charge >= 0.3 is 5.97 Å². The minimum atomic E-state index is -1.10. The summed E-state index contributed by atoms with van der Waals surface area (Å²) in [4.78, 5) is 24.5. The summed E-state index contributed by atoms with van der Waals surface area (Å²) in [5, 5.41) is 9.29. The molecule has 2 rings (SSSR count). The standard InChI is InChI=1S/C16H17F2NO4/c1-9(2)5-13(16(21)22)19-8-11(7-15(19)20)23-14-4-3-10(17)6-12(14)18/h3-4,6-7,9,13H,5,8H2,1-2H3,(H,21,22)/t13-/m0/s1. The molecule has 0 fully saturated rings. The largest absolute Gasteiger partial charge is 0.480 e. The summed E-state index contributed by atoms with van der Waals surface area (Å²) in [6.45, 7) is 3.64. The van der Waals surface area contributed by atoms with Gasteiger partial charge in [-0.15, -0.1) is 0 Å². The third-order valence-corrected chi connectivity index (χ3v) is 3.38. The predicted octanol–water partition coefficient (Wildman–Crippen LogP) is 2.57. The number of benzene rings is 1. The van der Waals surface area contributed by atoms with Gasteiger partial charge in [-0.1, -0.05) is 13.8 Å². The Kier molecular flexibility index (Phi) is 4.98. The predicted molar refractivity (Wildman–Crippen MR) is 77.7 cm³/mol. The van der Waals surface area contributed by atoms with Crippen LogP contribution < -0.4 is 4.74 Å². The average molecular weight is 325 g/mol. The van der Waals surface area contributed by atoms with Crippen LogP contribution in [0.5, 0.6) is 5.75 Å². The summed E-state index contributed by atoms with van der Waals surface area (Å²) in [6, 6.07) is 1.84. The Morgan fingerprint density at radius 2 is 2.09 bits per heavy atom. The molecule has 124 valence electrons. The van der Waals surface area contributed by atoms with Crippen LogP contribution in [0.15, 0.2) is 30.0 Å². The molecule has 1 aromatic carbocycles. The molecule has 1 heterocycles. The Balaban J connectivity index is 2.11. The third-order valence-electron chi connectivity index (χ3n) is 3.38. The van der Waals surface area contributed by atoms with E-state index in [1.54, 1.807) is 0 Å². The van der Waals surface area contributed by atoms with Crippen molar-refractivity contribution in [3.8, 4) is 5.75 Å². The monoisotopic (exact) mass is 325 g/mol. The maximum absolute atomic E-state index is 13.6. The molecule has 1 aliphatic rings. The van der Waals surface area contributed by atoms with Gasteiger partial charge in [0.1, 0.15) is 17.6 Å². The minimum absolute atomic E-state index is 0.0701. The van der Waals surface area contributed by atoms with Crippen LogP contribution in [0.4, 0.5) is 8.78 Å². The molecule has 5 nitrogen and oxygen atoms in total. The van der Waals surface area contributed by atoms with Gasteiger partial charge in [-0.3, -0.25) is 4.79 Å². The number of carbonyl (C=O) groups is 2. The highest BCUT2D eigenvalue weighted by Crippen LogP contribution is 2.24. The van der Waals surface area contributed by atoms with Gasteiger partial charge < -0.3 is 14.7 Å². The van der Waals surface area contributed by atoms with Crippen molar-refractivity contribution < 1.29 is 28.2 Å². The highest BCUT2D eigenvalue weighted by molar-refractivity contribution is 5.94. The number of carboxylic acid groups (broad SMARTS) is 1. The van der Waals surface area contributed by atoms with Crippen LogP contribution in [-0.4, -0.2) is 34.5 Å². The zero-order valence-electron chi connectivity index (χ0n) is 12.8. The third kappa shape index (κ3) is 4.06. The van der Waals surface area contributed by atoms with Crippen LogP contribution in [0, 0.1) is 17.6 Å². The van der Waals surface area contributed by atoms with Gasteiger partial charge in [0.15, 0.2) is 11.6 Å². The zero-order valence-corrected chi connectivity index (χ0v) is 12.8. The molecule has 1 amide bonds. The second-order valence-electron chi connectivity index (χ2n) is 5.74. The molecule has 0 unspecified atom stereocenters. The smallest absolute Gasteiger partial charge is 0.326 e. The Hall–Kier alpha value is -2.44. The normalized spacial score (nSPS) is 15.8. The van der Waals surface area contributed by atoms with E-state index >= 15 is 0 Å². The molecular weight excluding hydrogens is 308 g/mol. The lowest BCUT2D eigenvalue weighted by atomic mass is 10.0. The van der Waals surface area contributed by atoms with Gasteiger partial charge in [0.2, 0.25) is 0 Å². The molecule has 1 aromatic rings. The average Bonchev–Trinajstić information content (AvgIpc) is 2.79. The van der Waals surface area contributed by atoms with Crippen molar-refractivity contribution in [2.24, 2.45) is 5.92 Å². The summed E-state index contributed by atoms with van der Waals surface area (Å²) >= 11 is 0. The second-order valence-corrected chi connectivity index (χ2v) is 5.74. The summed E-state index contributed by atoms with van der Waals surface area (Å²) < 4.78 is 31.7. The molecule has 0 aliphatic carbocycles. The van der Waals surface area contributed by atoms with E-state index < -0.39 is 29.6 Å². The number of hydrogen-bond acceptors (Lipinski definition) is 3. The molecule has 1 aliphatic heterocycles. The van der Waals surface area contributed by atoms with Gasteiger partial charge in [-0.25, -0.2) is 13.6 Å². The van der Waals surface area contributed by atoms with E-state index in [0.29, 0.717) is 12.5 Å². The molecule has 0 radical (unpaired) electrons. The van der Waals surface area contributed by atoms with E-state index in [-0.39, 0.29) is 24.0 Å². The maximum Gasteiger partial charge on any atom is 0.326 e. The molecule has 7 heteroatoms. The van der Waals surface area contributed by atoms with E-state index in [9.17, 15) is 23.5 Å². The zero-order chi connectivity index (χ0) is 17.1. The number of hydrogen-bond donors (Lipinski definition) is 1. The number of rotatable bonds is 6. The Morgan fingerprint density at radius 3 is 2.65 bits per heavy atom. The van der Waals surface area contributed by atoms with Crippen molar-refractivity contribution in [3.63, 3.8) is 0 Å². The fourth-order valence-corrected chi connectivity index (χ4v) is 2.34. The van der Waals surface area contributed by atoms with Gasteiger partial charge in [-0.2, -0.15) is 0 Å². The molecule has 1 atom stereocenters. The van der Waals surface area contributed by atoms with E-state index in [1.165, 1.54) is 4.90 Å². The first kappa shape index (κ1) is 16.9. The summed E-state index contributed by atoms with van der Waals surface area (Å²) in [5.41, 5.74) is 0. The van der Waals surface area contributed by atoms with Gasteiger partial charge in [0.25, 0.3) is 5.91 Å². The van der Waals surface area contributed by atoms with E-state index in [1.807, 2.05) is 13.8 Å². The molecule has 0 saturated heterocycles. The number of amides is 1. The number of carbonyl (C=O) groups excluding carboxylic acids is 1. The van der Waals surface area contributed by atoms with Crippen LogP contribution in [0.25, 0.3) is 0 Å². The lowest BCUT2D eigenvalue weighted by Gasteiger charge is -2.25. The van der Waals surface area contributed by atoms with Crippen LogP contribution in [-0.2, 0) is 9.59 Å². The van der Waals surface area contributed by atoms with Crippen molar-refractivity contribution in [1.82, 2.24) is 4.90 Å². The molecular formula is C16H17F2NO4. The van der Waals surface area contributed by atoms with Crippen LogP contribution in [0.1, 0.15) is 20.3 Å². The number of aliphatic carboxylic acids is 1. The lowest BCUT2D eigenvalue weighted by Crippen LogP contribution is -2.43. The van der Waals surface area contributed by atoms with Crippen molar-refractivity contribution in [1.29, 1.82) is 0 Å². The topological polar surface area (TPSA) is 66.8 Å². The molecule has 0 aromatic heterocycles. The number of halogens is 2. The highest BCUT2D eigenvalue weighted by Gasteiger charge is 2.34. The lowest BCUT2D eigenvalue weighted by molar-refractivity contribution is -0.148. The fraction of sp³-hybridized carbons (Fsp3) is 0.375. The number of nitrogens with zero attached hydrogens (tertiary/aromatic N) is 1. The first-order chi connectivity index (χ1) is 10.8. The Morgan fingerprint density at radius 1 is 1.39 bits per heavy atom. The van der Waals surface area contributed by atoms with Gasteiger partial charge in [0.05, 0.1) is 6.54 Å². The van der Waals surface area contributed by atoms with Gasteiger partial charge in [-0.05, 0) is 24.5 Å². The van der Waals surface area contributed by atoms with Crippen molar-refractivity contribution >= 4 is 11.9 Å². The van der Waals surface area contributed by atoms with Crippen LogP contribution in [0.2, 0.25) is 0 Å². The van der Waals surface area contributed by atoms with E-state index in [2.05, 4.69) is 0 Å². The first-order valence-corrected chi connectivity index (χ1v) is 7.14. The van der Waals surface area contributed by atoms with Crippen molar-refractivity contribution in [3.05, 3.63) is 41.7 Å². The van der Waals surface area contributed by atoms with Gasteiger partial charge in [0, 0.05) is 12.1 Å². The maximum atomic E-state index is 13.6. The fourth-order valence-electron chi connectivity index (χ4n) is 2.34. The van der Waals surface area contributed by atoms with Crippen molar-refractivity contribution in [2.75, 3.05) is 6.54 Å². The summed E-state index contributed by atoms with van der Waals surface area (Å²) in [5.74, 6) is -3.25. The SMILES string of the molecule is CC(C)C[C@@H](C(=O)O)N1CC(Oc2ccc(F)cc2F)=CC1=O. The van der Waals surface area contributed by atoms with Crippen LogP contribution in [0.3, 0.4) is 0 Å². The number of ether oxygens (including phenoxy) is 1. The second kappa shape index (κ2) is 6.76. The highest BCUT2D eigenvalue weighted by atomic mass is 19.1.